The number of aromatic nitrogens is 4. The maximum Gasteiger partial charge on any atom is 0.104 e. The highest BCUT2D eigenvalue weighted by Gasteiger charge is 2.23. The van der Waals surface area contributed by atoms with Gasteiger partial charge >= 0.3 is 0 Å². The fourth-order valence-electron chi connectivity index (χ4n) is 8.80. The number of nitriles is 1. The summed E-state index contributed by atoms with van der Waals surface area (Å²) >= 11 is 0. The van der Waals surface area contributed by atoms with Crippen LogP contribution in [-0.4, -0.2) is 18.7 Å². The lowest BCUT2D eigenvalue weighted by Gasteiger charge is -2.18. The van der Waals surface area contributed by atoms with Crippen molar-refractivity contribution in [2.45, 2.75) is 13.8 Å². The molecular weight excluding hydrogens is 671 g/mol. The molecule has 5 nitrogen and oxygen atoms in total. The Hall–Kier alpha value is -7.42. The molecule has 0 N–H and O–H groups in total. The first-order valence-corrected chi connectivity index (χ1v) is 18.6. The highest BCUT2D eigenvalue weighted by Crippen LogP contribution is 2.41. The summed E-state index contributed by atoms with van der Waals surface area (Å²) < 4.78 is 6.86. The molecule has 0 radical (unpaired) electrons. The topological polar surface area (TPSA) is 51.5 Å². The molecule has 4 heterocycles. The molecule has 55 heavy (non-hydrogen) atoms. The molecule has 258 valence electrons. The quantitative estimate of drug-likeness (QED) is 0.183. The van der Waals surface area contributed by atoms with Crippen molar-refractivity contribution in [2.24, 2.45) is 0 Å². The van der Waals surface area contributed by atoms with E-state index in [1.54, 1.807) is 0 Å². The van der Waals surface area contributed by atoms with Gasteiger partial charge in [-0.3, -0.25) is 4.98 Å². The van der Waals surface area contributed by atoms with Crippen molar-refractivity contribution in [1.82, 2.24) is 18.7 Å². The SMILES string of the molecule is Cc1ccc2c(c1)c1ccccc1n2-c1cc(-c2ccc(-n3c4ccccc4c4ncccc43)cc2)cc(-n2c3ccccc3c3cc(C)ccc32)c1C#N. The number of pyridine rings is 1. The molecule has 0 bridgehead atoms. The molecule has 0 amide bonds. The molecule has 0 saturated heterocycles. The second-order valence-corrected chi connectivity index (χ2v) is 14.5. The van der Waals surface area contributed by atoms with Gasteiger partial charge in [0.15, 0.2) is 0 Å². The van der Waals surface area contributed by atoms with E-state index in [4.69, 9.17) is 4.98 Å². The third kappa shape index (κ3) is 4.55. The van der Waals surface area contributed by atoms with Crippen LogP contribution in [0.15, 0.2) is 164 Å². The van der Waals surface area contributed by atoms with Crippen molar-refractivity contribution in [1.29, 1.82) is 5.26 Å². The predicted octanol–water partition coefficient (Wildman–Crippen LogP) is 12.5. The Morgan fingerprint density at radius 2 is 0.927 bits per heavy atom. The molecule has 11 rings (SSSR count). The Morgan fingerprint density at radius 1 is 0.436 bits per heavy atom. The van der Waals surface area contributed by atoms with Gasteiger partial charge in [0, 0.05) is 38.8 Å². The third-order valence-corrected chi connectivity index (χ3v) is 11.2. The molecule has 5 heteroatoms. The number of para-hydroxylation sites is 3. The van der Waals surface area contributed by atoms with Crippen LogP contribution in [0.3, 0.4) is 0 Å². The van der Waals surface area contributed by atoms with Crippen LogP contribution in [0, 0.1) is 25.2 Å². The zero-order valence-electron chi connectivity index (χ0n) is 30.3. The van der Waals surface area contributed by atoms with Gasteiger partial charge in [0.1, 0.15) is 11.6 Å². The predicted molar refractivity (Wildman–Crippen MR) is 227 cm³/mol. The lowest BCUT2D eigenvalue weighted by molar-refractivity contribution is 1.12. The summed E-state index contributed by atoms with van der Waals surface area (Å²) in [6, 6.07) is 58.7. The molecule has 0 unspecified atom stereocenters. The zero-order valence-corrected chi connectivity index (χ0v) is 30.3. The van der Waals surface area contributed by atoms with Gasteiger partial charge in [-0.1, -0.05) is 90.0 Å². The number of aryl methyl sites for hydroxylation is 2. The van der Waals surface area contributed by atoms with Gasteiger partial charge in [0.05, 0.1) is 50.0 Å². The molecule has 0 aliphatic carbocycles. The number of benzene rings is 7. The maximum absolute atomic E-state index is 11.3. The maximum atomic E-state index is 11.3. The van der Waals surface area contributed by atoms with E-state index < -0.39 is 0 Å². The molecular formula is C50H33N5. The van der Waals surface area contributed by atoms with Gasteiger partial charge in [0.25, 0.3) is 0 Å². The fraction of sp³-hybridized carbons (Fsp3) is 0.0400. The molecule has 0 saturated carbocycles. The molecule has 7 aromatic carbocycles. The second kappa shape index (κ2) is 11.8. The van der Waals surface area contributed by atoms with E-state index in [0.29, 0.717) is 5.56 Å². The average molecular weight is 704 g/mol. The second-order valence-electron chi connectivity index (χ2n) is 14.5. The lowest BCUT2D eigenvalue weighted by atomic mass is 9.99. The standard InChI is InChI=1S/C50H33N5/c1-31-17-23-45-39(26-31)36-10-3-6-13-42(36)54(45)48-28-34(29-49(41(48)30-51)55-43-14-7-4-11-37(43)40-27-32(2)18-24-46(40)55)33-19-21-35(22-20-33)53-44-15-8-5-12-38(44)50-47(53)16-9-25-52-50/h3-29H,1-2H3. The van der Waals surface area contributed by atoms with Crippen LogP contribution in [0.4, 0.5) is 0 Å². The molecule has 0 spiro atoms. The molecule has 11 aromatic rings. The van der Waals surface area contributed by atoms with Crippen LogP contribution in [0.1, 0.15) is 16.7 Å². The summed E-state index contributed by atoms with van der Waals surface area (Å²) in [5, 5.41) is 17.1. The van der Waals surface area contributed by atoms with Crippen LogP contribution in [0.25, 0.3) is 93.7 Å². The summed E-state index contributed by atoms with van der Waals surface area (Å²) in [6.45, 7) is 4.27. The first-order valence-electron chi connectivity index (χ1n) is 18.6. The third-order valence-electron chi connectivity index (χ3n) is 11.2. The smallest absolute Gasteiger partial charge is 0.104 e. The monoisotopic (exact) mass is 703 g/mol. The summed E-state index contributed by atoms with van der Waals surface area (Å²) in [4.78, 5) is 4.75. The molecule has 0 aliphatic heterocycles. The average Bonchev–Trinajstić information content (AvgIpc) is 3.86. The lowest BCUT2D eigenvalue weighted by Crippen LogP contribution is -2.05. The normalized spacial score (nSPS) is 11.8. The van der Waals surface area contributed by atoms with Gasteiger partial charge in [-0.2, -0.15) is 5.26 Å². The van der Waals surface area contributed by atoms with Crippen molar-refractivity contribution in [3.8, 4) is 34.3 Å². The Morgan fingerprint density at radius 3 is 1.49 bits per heavy atom. The molecule has 0 atom stereocenters. The van der Waals surface area contributed by atoms with Crippen LogP contribution in [-0.2, 0) is 0 Å². The largest absolute Gasteiger partial charge is 0.308 e. The highest BCUT2D eigenvalue weighted by atomic mass is 15.0. The first-order chi connectivity index (χ1) is 27.1. The Labute approximate surface area is 317 Å². The van der Waals surface area contributed by atoms with E-state index in [0.717, 1.165) is 83.0 Å². The van der Waals surface area contributed by atoms with Crippen LogP contribution in [0.2, 0.25) is 0 Å². The van der Waals surface area contributed by atoms with Gasteiger partial charge in [-0.05, 0) is 104 Å². The minimum absolute atomic E-state index is 0.615. The minimum Gasteiger partial charge on any atom is -0.308 e. The number of hydrogen-bond donors (Lipinski definition) is 0. The zero-order chi connectivity index (χ0) is 36.8. The molecule has 0 aliphatic rings. The Balaban J connectivity index is 1.21. The number of hydrogen-bond acceptors (Lipinski definition) is 2. The van der Waals surface area contributed by atoms with Gasteiger partial charge < -0.3 is 13.7 Å². The Bertz CT molecular complexity index is 3210. The van der Waals surface area contributed by atoms with E-state index in [-0.39, 0.29) is 0 Å². The van der Waals surface area contributed by atoms with E-state index in [1.165, 1.54) is 21.9 Å². The molecule has 0 fully saturated rings. The van der Waals surface area contributed by atoms with E-state index >= 15 is 0 Å². The molecule has 4 aromatic heterocycles. The van der Waals surface area contributed by atoms with Gasteiger partial charge in [-0.15, -0.1) is 0 Å². The number of rotatable bonds is 4. The van der Waals surface area contributed by atoms with Gasteiger partial charge in [-0.25, -0.2) is 0 Å². The summed E-state index contributed by atoms with van der Waals surface area (Å²) in [5.41, 5.74) is 15.3. The van der Waals surface area contributed by atoms with Crippen molar-refractivity contribution in [3.05, 3.63) is 181 Å². The van der Waals surface area contributed by atoms with Crippen LogP contribution in [0.5, 0.6) is 0 Å². The van der Waals surface area contributed by atoms with Gasteiger partial charge in [0.2, 0.25) is 0 Å². The summed E-state index contributed by atoms with van der Waals surface area (Å²) in [5.74, 6) is 0. The fourth-order valence-corrected chi connectivity index (χ4v) is 8.80. The summed E-state index contributed by atoms with van der Waals surface area (Å²) in [6.07, 6.45) is 1.86. The van der Waals surface area contributed by atoms with E-state index in [9.17, 15) is 5.26 Å². The first kappa shape index (κ1) is 31.1. The van der Waals surface area contributed by atoms with E-state index in [2.05, 4.69) is 185 Å². The van der Waals surface area contributed by atoms with Crippen molar-refractivity contribution in [3.63, 3.8) is 0 Å². The summed E-state index contributed by atoms with van der Waals surface area (Å²) in [7, 11) is 0. The van der Waals surface area contributed by atoms with Crippen molar-refractivity contribution < 1.29 is 0 Å². The number of nitrogens with zero attached hydrogens (tertiary/aromatic N) is 5. The Kier molecular flexibility index (Phi) is 6.68. The van der Waals surface area contributed by atoms with E-state index in [1.807, 2.05) is 12.3 Å². The highest BCUT2D eigenvalue weighted by molar-refractivity contribution is 6.12. The van der Waals surface area contributed by atoms with Crippen LogP contribution >= 0.6 is 0 Å². The minimum atomic E-state index is 0.615. The number of fused-ring (bicyclic) bond motifs is 9. The van der Waals surface area contributed by atoms with Crippen molar-refractivity contribution >= 4 is 65.5 Å². The van der Waals surface area contributed by atoms with Crippen molar-refractivity contribution in [2.75, 3.05) is 0 Å². The van der Waals surface area contributed by atoms with Crippen LogP contribution < -0.4 is 0 Å².